The summed E-state index contributed by atoms with van der Waals surface area (Å²) in [5.41, 5.74) is 0.991. The molecule has 0 spiro atoms. The summed E-state index contributed by atoms with van der Waals surface area (Å²) >= 11 is 0. The maximum atomic E-state index is 11.0. The van der Waals surface area contributed by atoms with E-state index in [1.54, 1.807) is 12.1 Å². The van der Waals surface area contributed by atoms with Crippen molar-refractivity contribution in [1.29, 1.82) is 0 Å². The number of nitrogens with one attached hydrogen (secondary N) is 1. The van der Waals surface area contributed by atoms with Gasteiger partial charge in [-0.3, -0.25) is 10.1 Å². The van der Waals surface area contributed by atoms with Crippen molar-refractivity contribution in [3.8, 4) is 0 Å². The van der Waals surface area contributed by atoms with Gasteiger partial charge in [0.05, 0.1) is 4.92 Å². The smallest absolute Gasteiger partial charge is 0.273 e. The van der Waals surface area contributed by atoms with Crippen molar-refractivity contribution in [2.45, 2.75) is 45.7 Å². The van der Waals surface area contributed by atoms with Crippen LogP contribution >= 0.6 is 0 Å². The molecule has 0 aromatic heterocycles. The summed E-state index contributed by atoms with van der Waals surface area (Å²) < 4.78 is 0. The van der Waals surface area contributed by atoms with Crippen LogP contribution in [0.25, 0.3) is 0 Å². The van der Waals surface area contributed by atoms with Crippen molar-refractivity contribution >= 4 is 5.69 Å². The number of hydrogen-bond acceptors (Lipinski definition) is 3. The Morgan fingerprint density at radius 1 is 1.32 bits per heavy atom. The van der Waals surface area contributed by atoms with Crippen LogP contribution in [0.15, 0.2) is 24.3 Å². The zero-order chi connectivity index (χ0) is 13.8. The minimum atomic E-state index is -0.302. The zero-order valence-corrected chi connectivity index (χ0v) is 11.6. The Hall–Kier alpha value is -1.42. The van der Waals surface area contributed by atoms with Gasteiger partial charge in [-0.25, -0.2) is 0 Å². The summed E-state index contributed by atoms with van der Waals surface area (Å²) in [5.74, 6) is 1.45. The third-order valence-corrected chi connectivity index (χ3v) is 4.17. The molecule has 19 heavy (non-hydrogen) atoms. The van der Waals surface area contributed by atoms with Crippen molar-refractivity contribution in [1.82, 2.24) is 5.32 Å². The third-order valence-electron chi connectivity index (χ3n) is 4.17. The number of benzene rings is 1. The fraction of sp³-hybridized carbons (Fsp3) is 0.600. The van der Waals surface area contributed by atoms with E-state index < -0.39 is 0 Å². The molecule has 0 aliphatic heterocycles. The molecule has 4 heteroatoms. The van der Waals surface area contributed by atoms with E-state index in [1.807, 2.05) is 12.1 Å². The van der Waals surface area contributed by atoms with Crippen molar-refractivity contribution < 1.29 is 4.92 Å². The van der Waals surface area contributed by atoms with Crippen LogP contribution in [0.3, 0.4) is 0 Å². The van der Waals surface area contributed by atoms with E-state index in [9.17, 15) is 10.1 Å². The molecular weight excluding hydrogens is 240 g/mol. The quantitative estimate of drug-likeness (QED) is 0.667. The highest BCUT2D eigenvalue weighted by Gasteiger charge is 2.25. The lowest BCUT2D eigenvalue weighted by Gasteiger charge is -2.33. The molecule has 0 radical (unpaired) electrons. The highest BCUT2D eigenvalue weighted by atomic mass is 16.6. The van der Waals surface area contributed by atoms with Gasteiger partial charge >= 0.3 is 0 Å². The minimum Gasteiger partial charge on any atom is -0.309 e. The standard InChI is InChI=1S/C15H22N2O2/c1-11-7-8-14(12(2)9-11)16-10-13-5-3-4-6-15(13)17(18)19/h3-6,11-12,14,16H,7-10H2,1-2H3. The molecule has 0 amide bonds. The molecule has 0 heterocycles. The highest BCUT2D eigenvalue weighted by Crippen LogP contribution is 2.29. The molecule has 3 unspecified atom stereocenters. The van der Waals surface area contributed by atoms with Gasteiger partial charge in [-0.05, 0) is 31.1 Å². The monoisotopic (exact) mass is 262 g/mol. The SMILES string of the molecule is CC1CCC(NCc2ccccc2[N+](=O)[O-])C(C)C1. The van der Waals surface area contributed by atoms with E-state index >= 15 is 0 Å². The zero-order valence-electron chi connectivity index (χ0n) is 11.6. The average molecular weight is 262 g/mol. The first kappa shape index (κ1) is 14.0. The van der Waals surface area contributed by atoms with Crippen LogP contribution in [-0.4, -0.2) is 11.0 Å². The van der Waals surface area contributed by atoms with E-state index in [2.05, 4.69) is 19.2 Å². The Labute approximate surface area is 114 Å². The molecule has 4 nitrogen and oxygen atoms in total. The second-order valence-electron chi connectivity index (χ2n) is 5.77. The summed E-state index contributed by atoms with van der Waals surface area (Å²) in [6.07, 6.45) is 3.66. The van der Waals surface area contributed by atoms with Crippen LogP contribution in [0, 0.1) is 22.0 Å². The van der Waals surface area contributed by atoms with Gasteiger partial charge < -0.3 is 5.32 Å². The lowest BCUT2D eigenvalue weighted by atomic mass is 9.80. The Morgan fingerprint density at radius 2 is 2.05 bits per heavy atom. The van der Waals surface area contributed by atoms with Gasteiger partial charge in [-0.2, -0.15) is 0 Å². The maximum Gasteiger partial charge on any atom is 0.273 e. The van der Waals surface area contributed by atoms with Crippen molar-refractivity contribution in [2.75, 3.05) is 0 Å². The first-order valence-corrected chi connectivity index (χ1v) is 7.03. The number of nitro benzene ring substituents is 1. The summed E-state index contributed by atoms with van der Waals surface area (Å²) in [6.45, 7) is 5.15. The third kappa shape index (κ3) is 3.53. The van der Waals surface area contributed by atoms with E-state index in [-0.39, 0.29) is 10.6 Å². The van der Waals surface area contributed by atoms with Crippen LogP contribution in [0.1, 0.15) is 38.7 Å². The number of rotatable bonds is 4. The second kappa shape index (κ2) is 6.15. The van der Waals surface area contributed by atoms with Crippen LogP contribution < -0.4 is 5.32 Å². The van der Waals surface area contributed by atoms with Gasteiger partial charge in [0.1, 0.15) is 0 Å². The van der Waals surface area contributed by atoms with Crippen molar-refractivity contribution in [2.24, 2.45) is 11.8 Å². The van der Waals surface area contributed by atoms with Gasteiger partial charge in [0.25, 0.3) is 5.69 Å². The first-order chi connectivity index (χ1) is 9.08. The van der Waals surface area contributed by atoms with Gasteiger partial charge in [-0.1, -0.05) is 32.0 Å². The minimum absolute atomic E-state index is 0.215. The van der Waals surface area contributed by atoms with Crippen LogP contribution in [0.2, 0.25) is 0 Å². The molecule has 0 saturated heterocycles. The van der Waals surface area contributed by atoms with E-state index in [0.29, 0.717) is 18.5 Å². The van der Waals surface area contributed by atoms with Gasteiger partial charge in [0.2, 0.25) is 0 Å². The number of nitro groups is 1. The number of para-hydroxylation sites is 1. The van der Waals surface area contributed by atoms with Gasteiger partial charge in [0.15, 0.2) is 0 Å². The Morgan fingerprint density at radius 3 is 2.74 bits per heavy atom. The molecule has 1 saturated carbocycles. The maximum absolute atomic E-state index is 11.0. The lowest BCUT2D eigenvalue weighted by molar-refractivity contribution is -0.385. The second-order valence-corrected chi connectivity index (χ2v) is 5.77. The summed E-state index contributed by atoms with van der Waals surface area (Å²) in [7, 11) is 0. The molecule has 1 aromatic carbocycles. The highest BCUT2D eigenvalue weighted by molar-refractivity contribution is 5.39. The number of nitrogens with zero attached hydrogens (tertiary/aromatic N) is 1. The Kier molecular flexibility index (Phi) is 4.53. The molecule has 1 aliphatic carbocycles. The fourth-order valence-corrected chi connectivity index (χ4v) is 3.05. The van der Waals surface area contributed by atoms with E-state index in [0.717, 1.165) is 11.5 Å². The molecule has 1 fully saturated rings. The first-order valence-electron chi connectivity index (χ1n) is 7.03. The van der Waals surface area contributed by atoms with Gasteiger partial charge in [0, 0.05) is 24.2 Å². The molecule has 0 bridgehead atoms. The molecule has 2 rings (SSSR count). The van der Waals surface area contributed by atoms with E-state index in [4.69, 9.17) is 0 Å². The van der Waals surface area contributed by atoms with Gasteiger partial charge in [-0.15, -0.1) is 0 Å². The van der Waals surface area contributed by atoms with Crippen molar-refractivity contribution in [3.63, 3.8) is 0 Å². The summed E-state index contributed by atoms with van der Waals surface area (Å²) in [5, 5.41) is 14.5. The summed E-state index contributed by atoms with van der Waals surface area (Å²) in [6, 6.07) is 7.46. The topological polar surface area (TPSA) is 55.2 Å². The molecule has 1 aromatic rings. The van der Waals surface area contributed by atoms with Crippen molar-refractivity contribution in [3.05, 3.63) is 39.9 Å². The Bertz CT molecular complexity index is 448. The number of hydrogen-bond donors (Lipinski definition) is 1. The molecule has 104 valence electrons. The molecule has 3 atom stereocenters. The summed E-state index contributed by atoms with van der Waals surface area (Å²) in [4.78, 5) is 10.7. The average Bonchev–Trinajstić information content (AvgIpc) is 2.38. The molecule has 1 aliphatic rings. The fourth-order valence-electron chi connectivity index (χ4n) is 3.05. The normalized spacial score (nSPS) is 27.2. The van der Waals surface area contributed by atoms with Crippen LogP contribution in [-0.2, 0) is 6.54 Å². The van der Waals surface area contributed by atoms with E-state index in [1.165, 1.54) is 19.3 Å². The largest absolute Gasteiger partial charge is 0.309 e. The lowest BCUT2D eigenvalue weighted by Crippen LogP contribution is -2.38. The van der Waals surface area contributed by atoms with Crippen LogP contribution in [0.4, 0.5) is 5.69 Å². The molecule has 1 N–H and O–H groups in total. The molecular formula is C15H22N2O2. The Balaban J connectivity index is 1.97. The predicted octanol–water partition coefficient (Wildman–Crippen LogP) is 3.51. The van der Waals surface area contributed by atoms with Crippen LogP contribution in [0.5, 0.6) is 0 Å². The predicted molar refractivity (Wildman–Crippen MR) is 75.9 cm³/mol.